The van der Waals surface area contributed by atoms with E-state index in [9.17, 15) is 22.4 Å². The highest BCUT2D eigenvalue weighted by molar-refractivity contribution is 7.89. The quantitative estimate of drug-likeness (QED) is 0.638. The minimum Gasteiger partial charge on any atom is -0.494 e. The number of ether oxygens (including phenoxy) is 2. The summed E-state index contributed by atoms with van der Waals surface area (Å²) in [5, 5.41) is 2.59. The average Bonchev–Trinajstić information content (AvgIpc) is 2.66. The van der Waals surface area contributed by atoms with Gasteiger partial charge in [-0.3, -0.25) is 9.59 Å². The first-order chi connectivity index (χ1) is 13.2. The molecule has 2 aromatic carbocycles. The first-order valence-corrected chi connectivity index (χ1v) is 9.52. The van der Waals surface area contributed by atoms with Gasteiger partial charge in [-0.25, -0.2) is 12.8 Å². The Bertz CT molecular complexity index is 961. The zero-order chi connectivity index (χ0) is 20.7. The molecule has 0 saturated carbocycles. The van der Waals surface area contributed by atoms with E-state index in [0.717, 1.165) is 7.11 Å². The number of anilines is 1. The fourth-order valence-corrected chi connectivity index (χ4v) is 3.21. The van der Waals surface area contributed by atoms with E-state index in [2.05, 4.69) is 14.8 Å². The maximum atomic E-state index is 13.7. The van der Waals surface area contributed by atoms with E-state index in [-0.39, 0.29) is 17.1 Å². The van der Waals surface area contributed by atoms with Crippen LogP contribution in [0, 0.1) is 5.82 Å². The van der Waals surface area contributed by atoms with Gasteiger partial charge in [-0.1, -0.05) is 6.07 Å². The van der Waals surface area contributed by atoms with Crippen molar-refractivity contribution < 1.29 is 31.9 Å². The van der Waals surface area contributed by atoms with Crippen LogP contribution in [0.4, 0.5) is 10.1 Å². The number of nitrogens with one attached hydrogen (secondary N) is 2. The molecule has 0 aliphatic carbocycles. The Morgan fingerprint density at radius 1 is 1.07 bits per heavy atom. The first kappa shape index (κ1) is 21.3. The molecule has 0 spiro atoms. The molecule has 0 saturated heterocycles. The highest BCUT2D eigenvalue weighted by atomic mass is 32.2. The van der Waals surface area contributed by atoms with Crippen LogP contribution in [0.25, 0.3) is 0 Å². The number of carbonyl (C=O) groups is 2. The number of rotatable bonds is 8. The normalized spacial score (nSPS) is 11.0. The molecule has 0 bridgehead atoms. The number of halogens is 1. The van der Waals surface area contributed by atoms with Gasteiger partial charge in [-0.2, -0.15) is 4.72 Å². The summed E-state index contributed by atoms with van der Waals surface area (Å²) in [5.74, 6) is -1.60. The third-order valence-corrected chi connectivity index (χ3v) is 5.08. The van der Waals surface area contributed by atoms with Gasteiger partial charge in [0.2, 0.25) is 15.9 Å². The lowest BCUT2D eigenvalue weighted by molar-refractivity contribution is -0.139. The number of hydrogen-bond acceptors (Lipinski definition) is 6. The molecule has 0 aliphatic rings. The van der Waals surface area contributed by atoms with Crippen LogP contribution in [-0.4, -0.2) is 41.1 Å². The largest absolute Gasteiger partial charge is 0.494 e. The van der Waals surface area contributed by atoms with E-state index < -0.39 is 34.3 Å². The molecule has 0 fully saturated rings. The summed E-state index contributed by atoms with van der Waals surface area (Å²) in [6.07, 6.45) is -0.0678. The summed E-state index contributed by atoms with van der Waals surface area (Å²) in [7, 11) is -1.39. The topological polar surface area (TPSA) is 111 Å². The molecule has 10 heteroatoms. The van der Waals surface area contributed by atoms with Gasteiger partial charge in [0.25, 0.3) is 0 Å². The standard InChI is InChI=1S/C18H19FN2O6S/c1-26-16-8-3-12(9-15(16)19)10-17(22)21-13-4-6-14(7-5-13)28(24,25)20-11-18(23)27-2/h3-9,20H,10-11H2,1-2H3,(H,21,22). The number of sulfonamides is 1. The predicted octanol–water partition coefficient (Wildman–Crippen LogP) is 1.47. The van der Waals surface area contributed by atoms with Gasteiger partial charge >= 0.3 is 5.97 Å². The molecule has 0 unspecified atom stereocenters. The third kappa shape index (κ3) is 5.76. The lowest BCUT2D eigenvalue weighted by Gasteiger charge is -2.09. The predicted molar refractivity (Wildman–Crippen MR) is 98.9 cm³/mol. The SMILES string of the molecule is COC(=O)CNS(=O)(=O)c1ccc(NC(=O)Cc2ccc(OC)c(F)c2)cc1. The molecule has 1 amide bonds. The Kier molecular flexibility index (Phi) is 7.07. The Labute approximate surface area is 161 Å². The summed E-state index contributed by atoms with van der Waals surface area (Å²) in [6, 6.07) is 9.58. The molecule has 0 aromatic heterocycles. The maximum Gasteiger partial charge on any atom is 0.320 e. The minimum absolute atomic E-state index is 0.0678. The first-order valence-electron chi connectivity index (χ1n) is 8.04. The highest BCUT2D eigenvalue weighted by Crippen LogP contribution is 2.19. The molecular formula is C18H19FN2O6S. The molecule has 28 heavy (non-hydrogen) atoms. The van der Waals surface area contributed by atoms with E-state index >= 15 is 0 Å². The minimum atomic E-state index is -3.89. The fourth-order valence-electron chi connectivity index (χ4n) is 2.24. The molecule has 150 valence electrons. The summed E-state index contributed by atoms with van der Waals surface area (Å²) < 4.78 is 49.1. The zero-order valence-corrected chi connectivity index (χ0v) is 16.0. The van der Waals surface area contributed by atoms with Crippen molar-refractivity contribution in [3.63, 3.8) is 0 Å². The molecule has 0 atom stereocenters. The van der Waals surface area contributed by atoms with Crippen LogP contribution in [0.1, 0.15) is 5.56 Å². The number of hydrogen-bond donors (Lipinski definition) is 2. The van der Waals surface area contributed by atoms with Gasteiger partial charge < -0.3 is 14.8 Å². The molecule has 2 rings (SSSR count). The van der Waals surface area contributed by atoms with Crippen molar-refractivity contribution in [3.05, 3.63) is 53.8 Å². The third-order valence-electron chi connectivity index (χ3n) is 3.66. The summed E-state index contributed by atoms with van der Waals surface area (Å²) in [5.41, 5.74) is 0.827. The van der Waals surface area contributed by atoms with Gasteiger partial charge in [-0.05, 0) is 42.0 Å². The van der Waals surface area contributed by atoms with Crippen molar-refractivity contribution in [1.82, 2.24) is 4.72 Å². The Morgan fingerprint density at radius 3 is 2.32 bits per heavy atom. The van der Waals surface area contributed by atoms with Crippen molar-refractivity contribution in [3.8, 4) is 5.75 Å². The van der Waals surface area contributed by atoms with Gasteiger partial charge in [0.05, 0.1) is 25.5 Å². The molecule has 2 N–H and O–H groups in total. The molecule has 0 aliphatic heterocycles. The average molecular weight is 410 g/mol. The number of benzene rings is 2. The smallest absolute Gasteiger partial charge is 0.320 e. The van der Waals surface area contributed by atoms with Gasteiger partial charge in [0, 0.05) is 5.69 Å². The van der Waals surface area contributed by atoms with Crippen molar-refractivity contribution in [2.75, 3.05) is 26.1 Å². The zero-order valence-electron chi connectivity index (χ0n) is 15.2. The van der Waals surface area contributed by atoms with E-state index in [1.807, 2.05) is 0 Å². The van der Waals surface area contributed by atoms with Crippen LogP contribution in [0.3, 0.4) is 0 Å². The summed E-state index contributed by atoms with van der Waals surface area (Å²) in [4.78, 5) is 23.1. The second kappa shape index (κ2) is 9.29. The van der Waals surface area contributed by atoms with Crippen LogP contribution in [0.5, 0.6) is 5.75 Å². The molecule has 2 aromatic rings. The molecule has 0 heterocycles. The van der Waals surface area contributed by atoms with E-state index in [1.165, 1.54) is 43.5 Å². The van der Waals surface area contributed by atoms with Crippen LogP contribution >= 0.6 is 0 Å². The summed E-state index contributed by atoms with van der Waals surface area (Å²) in [6.45, 7) is -0.490. The lowest BCUT2D eigenvalue weighted by atomic mass is 10.1. The number of methoxy groups -OCH3 is 2. The number of carbonyl (C=O) groups excluding carboxylic acids is 2. The van der Waals surface area contributed by atoms with Gasteiger partial charge in [0.15, 0.2) is 11.6 Å². The van der Waals surface area contributed by atoms with Gasteiger partial charge in [-0.15, -0.1) is 0 Å². The lowest BCUT2D eigenvalue weighted by Crippen LogP contribution is -2.30. The van der Waals surface area contributed by atoms with Crippen molar-refractivity contribution in [2.45, 2.75) is 11.3 Å². The Morgan fingerprint density at radius 2 is 1.75 bits per heavy atom. The molecule has 0 radical (unpaired) electrons. The number of esters is 1. The van der Waals surface area contributed by atoms with Crippen molar-refractivity contribution in [2.24, 2.45) is 0 Å². The Balaban J connectivity index is 1.99. The van der Waals surface area contributed by atoms with Crippen molar-refractivity contribution >= 4 is 27.6 Å². The van der Waals surface area contributed by atoms with Gasteiger partial charge in [0.1, 0.15) is 6.54 Å². The van der Waals surface area contributed by atoms with Crippen LogP contribution in [0.2, 0.25) is 0 Å². The second-order valence-electron chi connectivity index (χ2n) is 5.62. The van der Waals surface area contributed by atoms with Crippen molar-refractivity contribution in [1.29, 1.82) is 0 Å². The van der Waals surface area contributed by atoms with Crippen LogP contribution < -0.4 is 14.8 Å². The number of amides is 1. The van der Waals surface area contributed by atoms with E-state index in [4.69, 9.17) is 4.74 Å². The van der Waals surface area contributed by atoms with E-state index in [1.54, 1.807) is 6.07 Å². The monoisotopic (exact) mass is 410 g/mol. The molecular weight excluding hydrogens is 391 g/mol. The molecule has 8 nitrogen and oxygen atoms in total. The second-order valence-corrected chi connectivity index (χ2v) is 7.39. The maximum absolute atomic E-state index is 13.7. The highest BCUT2D eigenvalue weighted by Gasteiger charge is 2.16. The fraction of sp³-hybridized carbons (Fsp3) is 0.222. The summed E-state index contributed by atoms with van der Waals surface area (Å²) >= 11 is 0. The Hall–Kier alpha value is -2.98. The van der Waals surface area contributed by atoms with Crippen LogP contribution in [-0.2, 0) is 30.8 Å². The van der Waals surface area contributed by atoms with E-state index in [0.29, 0.717) is 11.3 Å². The van der Waals surface area contributed by atoms with Crippen LogP contribution in [0.15, 0.2) is 47.4 Å².